The van der Waals surface area contributed by atoms with Crippen molar-refractivity contribution in [3.8, 4) is 0 Å². The van der Waals surface area contributed by atoms with Crippen LogP contribution in [0, 0.1) is 30.9 Å². The van der Waals surface area contributed by atoms with E-state index in [0.29, 0.717) is 5.56 Å². The molecule has 0 aliphatic heterocycles. The van der Waals surface area contributed by atoms with Crippen molar-refractivity contribution in [2.75, 3.05) is 12.4 Å². The van der Waals surface area contributed by atoms with Gasteiger partial charge in [0.15, 0.2) is 6.61 Å². The molecule has 0 saturated heterocycles. The highest BCUT2D eigenvalue weighted by molar-refractivity contribution is 8.00. The first-order valence-electron chi connectivity index (χ1n) is 7.92. The van der Waals surface area contributed by atoms with Crippen LogP contribution < -0.4 is 0 Å². The number of esters is 1. The Labute approximate surface area is 155 Å². The van der Waals surface area contributed by atoms with Crippen LogP contribution in [0.2, 0.25) is 0 Å². The van der Waals surface area contributed by atoms with E-state index in [-0.39, 0.29) is 17.0 Å². The molecule has 2 aromatic carbocycles. The molecule has 0 amide bonds. The number of carbonyl (C=O) groups is 2. The molecule has 2 rings (SSSR count). The normalized spacial score (nSPS) is 10.4. The summed E-state index contributed by atoms with van der Waals surface area (Å²) >= 11 is 1.33. The maximum absolute atomic E-state index is 12.1. The van der Waals surface area contributed by atoms with E-state index in [0.717, 1.165) is 10.5 Å². The molecule has 0 aromatic heterocycles. The minimum Gasteiger partial charge on any atom is -0.457 e. The Morgan fingerprint density at radius 1 is 1.04 bits per heavy atom. The molecule has 0 bridgehead atoms. The third-order valence-corrected chi connectivity index (χ3v) is 4.89. The van der Waals surface area contributed by atoms with Crippen molar-refractivity contribution in [1.82, 2.24) is 0 Å². The number of hydrogen-bond acceptors (Lipinski definition) is 6. The Kier molecular flexibility index (Phi) is 6.52. The average Bonchev–Trinajstić information content (AvgIpc) is 2.60. The zero-order valence-corrected chi connectivity index (χ0v) is 15.6. The Bertz CT molecular complexity index is 863. The van der Waals surface area contributed by atoms with Gasteiger partial charge in [0.2, 0.25) is 5.78 Å². The minimum atomic E-state index is -0.543. The van der Waals surface area contributed by atoms with Crippen molar-refractivity contribution in [3.63, 3.8) is 0 Å². The smallest absolute Gasteiger partial charge is 0.316 e. The molecular formula is C19H19NO5S. The third-order valence-electron chi connectivity index (χ3n) is 3.93. The summed E-state index contributed by atoms with van der Waals surface area (Å²) in [5.41, 5.74) is 2.80. The van der Waals surface area contributed by atoms with Crippen LogP contribution in [0.1, 0.15) is 27.0 Å². The molecule has 136 valence electrons. The molecule has 0 fully saturated rings. The molecule has 2 aromatic rings. The van der Waals surface area contributed by atoms with Crippen molar-refractivity contribution in [2.45, 2.75) is 25.7 Å². The molecule has 0 radical (unpaired) electrons. The van der Waals surface area contributed by atoms with Gasteiger partial charge in [0.1, 0.15) is 0 Å². The van der Waals surface area contributed by atoms with E-state index in [1.807, 2.05) is 32.0 Å². The number of aryl methyl sites for hydroxylation is 3. The van der Waals surface area contributed by atoms with Crippen LogP contribution in [0.3, 0.4) is 0 Å². The maximum atomic E-state index is 12.1. The predicted octanol–water partition coefficient (Wildman–Crippen LogP) is 4.04. The highest BCUT2D eigenvalue weighted by Crippen LogP contribution is 2.22. The summed E-state index contributed by atoms with van der Waals surface area (Å²) in [5, 5.41) is 10.9. The molecular weight excluding hydrogens is 354 g/mol. The molecule has 6 nitrogen and oxygen atoms in total. The standard InChI is InChI=1S/C19H19NO5S/c1-12-5-7-16(8-14(12)3)26-11-19(22)25-10-18(21)15-6-4-13(2)17(9-15)20(23)24/h4-9H,10-11H2,1-3H3. The van der Waals surface area contributed by atoms with Gasteiger partial charge in [0.05, 0.1) is 10.7 Å². The monoisotopic (exact) mass is 373 g/mol. The van der Waals surface area contributed by atoms with Gasteiger partial charge in [-0.05, 0) is 44.0 Å². The number of ketones is 1. The molecule has 0 atom stereocenters. The van der Waals surface area contributed by atoms with Crippen LogP contribution in [-0.2, 0) is 9.53 Å². The van der Waals surface area contributed by atoms with Crippen molar-refractivity contribution in [1.29, 1.82) is 0 Å². The van der Waals surface area contributed by atoms with Crippen molar-refractivity contribution >= 4 is 29.2 Å². The van der Waals surface area contributed by atoms with Gasteiger partial charge < -0.3 is 4.74 Å². The van der Waals surface area contributed by atoms with Crippen LogP contribution >= 0.6 is 11.8 Å². The number of Topliss-reactive ketones (excluding diaryl/α,β-unsaturated/α-hetero) is 1. The molecule has 0 spiro atoms. The van der Waals surface area contributed by atoms with Gasteiger partial charge in [-0.2, -0.15) is 0 Å². The Morgan fingerprint density at radius 2 is 1.73 bits per heavy atom. The van der Waals surface area contributed by atoms with Gasteiger partial charge in [-0.15, -0.1) is 11.8 Å². The maximum Gasteiger partial charge on any atom is 0.316 e. The first-order chi connectivity index (χ1) is 12.3. The fourth-order valence-corrected chi connectivity index (χ4v) is 2.99. The molecule has 0 saturated carbocycles. The number of carbonyl (C=O) groups excluding carboxylic acids is 2. The number of ether oxygens (including phenoxy) is 1. The molecule has 0 unspecified atom stereocenters. The number of benzene rings is 2. The summed E-state index contributed by atoms with van der Waals surface area (Å²) in [5.74, 6) is -0.898. The number of hydrogen-bond donors (Lipinski definition) is 0. The largest absolute Gasteiger partial charge is 0.457 e. The van der Waals surface area contributed by atoms with Gasteiger partial charge >= 0.3 is 5.97 Å². The molecule has 0 aliphatic carbocycles. The topological polar surface area (TPSA) is 86.5 Å². The summed E-state index contributed by atoms with van der Waals surface area (Å²) in [6.07, 6.45) is 0. The third kappa shape index (κ3) is 5.16. The van der Waals surface area contributed by atoms with Gasteiger partial charge in [-0.25, -0.2) is 0 Å². The Morgan fingerprint density at radius 3 is 2.38 bits per heavy atom. The summed E-state index contributed by atoms with van der Waals surface area (Å²) in [4.78, 5) is 35.3. The second-order valence-corrected chi connectivity index (χ2v) is 6.93. The van der Waals surface area contributed by atoms with Crippen LogP contribution in [0.4, 0.5) is 5.69 Å². The first kappa shape index (κ1) is 19.7. The van der Waals surface area contributed by atoms with E-state index in [4.69, 9.17) is 4.74 Å². The molecule has 26 heavy (non-hydrogen) atoms. The lowest BCUT2D eigenvalue weighted by Crippen LogP contribution is -2.15. The van der Waals surface area contributed by atoms with Gasteiger partial charge in [-0.3, -0.25) is 19.7 Å². The molecule has 0 aliphatic rings. The summed E-state index contributed by atoms with van der Waals surface area (Å²) in [6, 6.07) is 10.1. The second-order valence-electron chi connectivity index (χ2n) is 5.88. The van der Waals surface area contributed by atoms with E-state index >= 15 is 0 Å². The zero-order chi connectivity index (χ0) is 19.3. The summed E-state index contributed by atoms with van der Waals surface area (Å²) in [7, 11) is 0. The average molecular weight is 373 g/mol. The Balaban J connectivity index is 1.88. The fraction of sp³-hybridized carbons (Fsp3) is 0.263. The van der Waals surface area contributed by atoms with Crippen molar-refractivity contribution in [3.05, 3.63) is 68.8 Å². The summed E-state index contributed by atoms with van der Waals surface area (Å²) in [6.45, 7) is 5.17. The van der Waals surface area contributed by atoms with Gasteiger partial charge in [0, 0.05) is 22.1 Å². The molecule has 0 heterocycles. The lowest BCUT2D eigenvalue weighted by molar-refractivity contribution is -0.385. The van der Waals surface area contributed by atoms with Crippen LogP contribution in [-0.4, -0.2) is 29.0 Å². The van der Waals surface area contributed by atoms with E-state index in [2.05, 4.69) is 0 Å². The molecule has 7 heteroatoms. The number of nitro benzene ring substituents is 1. The van der Waals surface area contributed by atoms with Gasteiger partial charge in [-0.1, -0.05) is 18.2 Å². The number of thioether (sulfide) groups is 1. The van der Waals surface area contributed by atoms with E-state index in [1.165, 1.54) is 35.5 Å². The highest BCUT2D eigenvalue weighted by atomic mass is 32.2. The fourth-order valence-electron chi connectivity index (χ4n) is 2.20. The SMILES string of the molecule is Cc1ccc(SCC(=O)OCC(=O)c2ccc(C)c([N+](=O)[O-])c2)cc1C. The van der Waals surface area contributed by atoms with E-state index in [1.54, 1.807) is 6.92 Å². The van der Waals surface area contributed by atoms with Crippen LogP contribution in [0.15, 0.2) is 41.3 Å². The first-order valence-corrected chi connectivity index (χ1v) is 8.90. The summed E-state index contributed by atoms with van der Waals surface area (Å²) < 4.78 is 4.99. The van der Waals surface area contributed by atoms with Crippen LogP contribution in [0.25, 0.3) is 0 Å². The zero-order valence-electron chi connectivity index (χ0n) is 14.8. The van der Waals surface area contributed by atoms with Crippen molar-refractivity contribution in [2.24, 2.45) is 0 Å². The van der Waals surface area contributed by atoms with Gasteiger partial charge in [0.25, 0.3) is 5.69 Å². The van der Waals surface area contributed by atoms with E-state index in [9.17, 15) is 19.7 Å². The minimum absolute atomic E-state index is 0.0871. The Hall–Kier alpha value is -2.67. The predicted molar refractivity (Wildman–Crippen MR) is 99.8 cm³/mol. The highest BCUT2D eigenvalue weighted by Gasteiger charge is 2.16. The second kappa shape index (κ2) is 8.62. The number of rotatable bonds is 7. The molecule has 0 N–H and O–H groups in total. The van der Waals surface area contributed by atoms with Crippen molar-refractivity contribution < 1.29 is 19.2 Å². The lowest BCUT2D eigenvalue weighted by atomic mass is 10.1. The number of nitro groups is 1. The van der Waals surface area contributed by atoms with Crippen LogP contribution in [0.5, 0.6) is 0 Å². The quantitative estimate of drug-likeness (QED) is 0.239. The van der Waals surface area contributed by atoms with E-state index < -0.39 is 23.3 Å². The lowest BCUT2D eigenvalue weighted by Gasteiger charge is -2.06. The number of nitrogens with zero attached hydrogens (tertiary/aromatic N) is 1.